The first kappa shape index (κ1) is 20.9. The van der Waals surface area contributed by atoms with Gasteiger partial charge in [-0.15, -0.1) is 0 Å². The van der Waals surface area contributed by atoms with Crippen LogP contribution in [0.5, 0.6) is 5.75 Å². The van der Waals surface area contributed by atoms with E-state index in [1.165, 1.54) is 24.8 Å². The van der Waals surface area contributed by atoms with Gasteiger partial charge in [0.25, 0.3) is 11.8 Å². The number of nitrogens with zero attached hydrogens (tertiary/aromatic N) is 1. The van der Waals surface area contributed by atoms with Gasteiger partial charge in [0.05, 0.1) is 6.10 Å². The maximum Gasteiger partial charge on any atom is 0.269 e. The molecule has 0 aromatic heterocycles. The van der Waals surface area contributed by atoms with Crippen LogP contribution in [-0.4, -0.2) is 35.9 Å². The minimum absolute atomic E-state index is 0.0696. The van der Waals surface area contributed by atoms with Crippen LogP contribution in [0.1, 0.15) is 59.4 Å². The van der Waals surface area contributed by atoms with Gasteiger partial charge in [-0.25, -0.2) is 0 Å². The van der Waals surface area contributed by atoms with E-state index in [1.807, 2.05) is 26.0 Å². The number of likely N-dealkylation sites (tertiary alicyclic amines) is 1. The summed E-state index contributed by atoms with van der Waals surface area (Å²) in [5.74, 6) is -0.0240. The quantitative estimate of drug-likeness (QED) is 0.734. The van der Waals surface area contributed by atoms with E-state index in [2.05, 4.69) is 15.8 Å². The minimum Gasteiger partial charge on any atom is -0.491 e. The number of amides is 2. The number of carbonyl (C=O) groups is 2. The largest absolute Gasteiger partial charge is 0.491 e. The van der Waals surface area contributed by atoms with Gasteiger partial charge in [0.2, 0.25) is 0 Å². The minimum atomic E-state index is -0.379. The molecule has 0 radical (unpaired) electrons. The zero-order valence-electron chi connectivity index (χ0n) is 17.1. The Hall–Kier alpha value is -2.86. The van der Waals surface area contributed by atoms with Crippen LogP contribution >= 0.6 is 0 Å². The molecule has 154 valence electrons. The average Bonchev–Trinajstić information content (AvgIpc) is 2.73. The Labute approximate surface area is 172 Å². The number of hydrogen-bond acceptors (Lipinski definition) is 4. The summed E-state index contributed by atoms with van der Waals surface area (Å²) in [6.45, 7) is 7.07. The topological polar surface area (TPSA) is 70.7 Å². The molecule has 0 bridgehead atoms. The van der Waals surface area contributed by atoms with Gasteiger partial charge in [-0.3, -0.25) is 25.3 Å². The van der Waals surface area contributed by atoms with Crippen molar-refractivity contribution >= 4 is 11.8 Å². The molecule has 2 N–H and O–H groups in total. The molecule has 0 atom stereocenters. The number of carbonyl (C=O) groups excluding carboxylic acids is 2. The van der Waals surface area contributed by atoms with E-state index in [9.17, 15) is 9.59 Å². The highest BCUT2D eigenvalue weighted by Crippen LogP contribution is 2.15. The Bertz CT molecular complexity index is 810. The lowest BCUT2D eigenvalue weighted by molar-refractivity contribution is 0.0846. The van der Waals surface area contributed by atoms with Crippen molar-refractivity contribution in [3.05, 3.63) is 65.2 Å². The highest BCUT2D eigenvalue weighted by atomic mass is 16.5. The molecule has 0 unspecified atom stereocenters. The summed E-state index contributed by atoms with van der Waals surface area (Å²) in [7, 11) is 0. The van der Waals surface area contributed by atoms with Crippen molar-refractivity contribution in [3.8, 4) is 5.75 Å². The fourth-order valence-electron chi connectivity index (χ4n) is 3.35. The van der Waals surface area contributed by atoms with Gasteiger partial charge in [-0.05, 0) is 81.7 Å². The molecule has 1 heterocycles. The first-order valence-corrected chi connectivity index (χ1v) is 10.2. The highest BCUT2D eigenvalue weighted by Gasteiger charge is 2.12. The molecule has 1 saturated heterocycles. The predicted octanol–water partition coefficient (Wildman–Crippen LogP) is 3.53. The van der Waals surface area contributed by atoms with Gasteiger partial charge in [-0.1, -0.05) is 18.6 Å². The zero-order valence-corrected chi connectivity index (χ0v) is 17.1. The molecule has 6 nitrogen and oxygen atoms in total. The standard InChI is InChI=1S/C23H29N3O3/c1-17(2)29-21-12-10-20(11-13-21)23(28)25-24-22(27)19-8-6-18(7-9-19)16-26-14-4-3-5-15-26/h6-13,17H,3-5,14-16H2,1-2H3,(H,24,27)(H,25,28). The monoisotopic (exact) mass is 395 g/mol. The van der Waals surface area contributed by atoms with Gasteiger partial charge < -0.3 is 4.74 Å². The molecule has 1 aliphatic rings. The summed E-state index contributed by atoms with van der Waals surface area (Å²) in [6.07, 6.45) is 3.90. The van der Waals surface area contributed by atoms with Crippen LogP contribution in [0.4, 0.5) is 0 Å². The molecular formula is C23H29N3O3. The smallest absolute Gasteiger partial charge is 0.269 e. The third kappa shape index (κ3) is 6.32. The lowest BCUT2D eigenvalue weighted by Gasteiger charge is -2.26. The normalized spacial score (nSPS) is 14.4. The Kier molecular flexibility index (Phi) is 7.25. The van der Waals surface area contributed by atoms with Crippen molar-refractivity contribution in [2.24, 2.45) is 0 Å². The Balaban J connectivity index is 1.48. The Morgan fingerprint density at radius 1 is 0.862 bits per heavy atom. The summed E-state index contributed by atoms with van der Waals surface area (Å²) in [4.78, 5) is 27.0. The van der Waals surface area contributed by atoms with E-state index < -0.39 is 0 Å². The molecule has 29 heavy (non-hydrogen) atoms. The predicted molar refractivity (Wildman–Crippen MR) is 113 cm³/mol. The summed E-state index contributed by atoms with van der Waals surface area (Å²) in [6, 6.07) is 14.3. The van der Waals surface area contributed by atoms with Crippen LogP contribution in [0.25, 0.3) is 0 Å². The van der Waals surface area contributed by atoms with Crippen molar-refractivity contribution in [3.63, 3.8) is 0 Å². The van der Waals surface area contributed by atoms with Crippen LogP contribution in [0.2, 0.25) is 0 Å². The van der Waals surface area contributed by atoms with Crippen molar-refractivity contribution in [2.75, 3.05) is 13.1 Å². The first-order chi connectivity index (χ1) is 14.0. The van der Waals surface area contributed by atoms with E-state index in [-0.39, 0.29) is 17.9 Å². The van der Waals surface area contributed by atoms with Crippen LogP contribution < -0.4 is 15.6 Å². The van der Waals surface area contributed by atoms with Crippen molar-refractivity contribution < 1.29 is 14.3 Å². The number of piperidine rings is 1. The zero-order chi connectivity index (χ0) is 20.6. The first-order valence-electron chi connectivity index (χ1n) is 10.2. The molecule has 2 amide bonds. The maximum atomic E-state index is 12.3. The number of hydrogen-bond donors (Lipinski definition) is 2. The van der Waals surface area contributed by atoms with Gasteiger partial charge in [-0.2, -0.15) is 0 Å². The third-order valence-corrected chi connectivity index (χ3v) is 4.85. The van der Waals surface area contributed by atoms with Crippen LogP contribution in [0.15, 0.2) is 48.5 Å². The lowest BCUT2D eigenvalue weighted by Crippen LogP contribution is -2.41. The molecule has 0 spiro atoms. The van der Waals surface area contributed by atoms with Gasteiger partial charge in [0.1, 0.15) is 5.75 Å². The molecule has 3 rings (SSSR count). The second-order valence-corrected chi connectivity index (χ2v) is 7.63. The van der Waals surface area contributed by atoms with Gasteiger partial charge in [0.15, 0.2) is 0 Å². The fraction of sp³-hybridized carbons (Fsp3) is 0.391. The summed E-state index contributed by atoms with van der Waals surface area (Å²) >= 11 is 0. The van der Waals surface area contributed by atoms with E-state index in [0.29, 0.717) is 16.9 Å². The third-order valence-electron chi connectivity index (χ3n) is 4.85. The average molecular weight is 396 g/mol. The molecule has 0 aliphatic carbocycles. The highest BCUT2D eigenvalue weighted by molar-refractivity contribution is 5.99. The molecule has 2 aromatic carbocycles. The number of rotatable bonds is 6. The fourth-order valence-corrected chi connectivity index (χ4v) is 3.35. The van der Waals surface area contributed by atoms with Gasteiger partial charge >= 0.3 is 0 Å². The van der Waals surface area contributed by atoms with E-state index in [1.54, 1.807) is 36.4 Å². The molecule has 6 heteroatoms. The summed E-state index contributed by atoms with van der Waals surface area (Å²) < 4.78 is 5.56. The lowest BCUT2D eigenvalue weighted by atomic mass is 10.1. The summed E-state index contributed by atoms with van der Waals surface area (Å²) in [5, 5.41) is 0. The Morgan fingerprint density at radius 3 is 1.90 bits per heavy atom. The Morgan fingerprint density at radius 2 is 1.38 bits per heavy atom. The number of benzene rings is 2. The van der Waals surface area contributed by atoms with Crippen molar-refractivity contribution in [2.45, 2.75) is 45.8 Å². The SMILES string of the molecule is CC(C)Oc1ccc(C(=O)NNC(=O)c2ccc(CN3CCCCC3)cc2)cc1. The molecular weight excluding hydrogens is 366 g/mol. The molecule has 1 aliphatic heterocycles. The van der Waals surface area contributed by atoms with E-state index in [0.717, 1.165) is 19.6 Å². The molecule has 2 aromatic rings. The second kappa shape index (κ2) is 10.1. The number of nitrogens with one attached hydrogen (secondary N) is 2. The van der Waals surface area contributed by atoms with E-state index in [4.69, 9.17) is 4.74 Å². The summed E-state index contributed by atoms with van der Waals surface area (Å²) in [5.41, 5.74) is 7.06. The van der Waals surface area contributed by atoms with Crippen LogP contribution in [0.3, 0.4) is 0 Å². The maximum absolute atomic E-state index is 12.3. The molecule has 1 fully saturated rings. The van der Waals surface area contributed by atoms with Gasteiger partial charge in [0, 0.05) is 17.7 Å². The van der Waals surface area contributed by atoms with Crippen molar-refractivity contribution in [1.29, 1.82) is 0 Å². The van der Waals surface area contributed by atoms with Crippen LogP contribution in [0, 0.1) is 0 Å². The van der Waals surface area contributed by atoms with E-state index >= 15 is 0 Å². The number of hydrazine groups is 1. The van der Waals surface area contributed by atoms with Crippen LogP contribution in [-0.2, 0) is 6.54 Å². The van der Waals surface area contributed by atoms with Crippen molar-refractivity contribution in [1.82, 2.24) is 15.8 Å². The molecule has 0 saturated carbocycles. The number of ether oxygens (including phenoxy) is 1. The second-order valence-electron chi connectivity index (χ2n) is 7.63.